The molecule has 1 saturated carbocycles. The lowest BCUT2D eigenvalue weighted by molar-refractivity contribution is 0.896. The molecule has 1 aromatic carbocycles. The predicted molar refractivity (Wildman–Crippen MR) is 71.1 cm³/mol. The van der Waals surface area contributed by atoms with Gasteiger partial charge in [0.25, 0.3) is 0 Å². The van der Waals surface area contributed by atoms with Crippen molar-refractivity contribution in [2.45, 2.75) is 25.4 Å². The molecule has 0 aliphatic heterocycles. The number of anilines is 1. The molecule has 2 N–H and O–H groups in total. The molecular weight excluding hydrogens is 210 g/mol. The summed E-state index contributed by atoms with van der Waals surface area (Å²) in [5.74, 6) is 1.08. The highest BCUT2D eigenvalue weighted by Gasteiger charge is 2.28. The van der Waals surface area contributed by atoms with Crippen molar-refractivity contribution in [3.63, 3.8) is 0 Å². The molecule has 2 aromatic rings. The first-order valence-electron chi connectivity index (χ1n) is 6.11. The molecule has 1 heterocycles. The average molecular weight is 227 g/mol. The van der Waals surface area contributed by atoms with E-state index in [0.717, 1.165) is 11.4 Å². The fourth-order valence-electron chi connectivity index (χ4n) is 2.31. The van der Waals surface area contributed by atoms with Gasteiger partial charge in [-0.05, 0) is 23.8 Å². The van der Waals surface area contributed by atoms with Gasteiger partial charge < -0.3 is 10.6 Å². The van der Waals surface area contributed by atoms with Gasteiger partial charge in [0.1, 0.15) is 5.82 Å². The van der Waals surface area contributed by atoms with Crippen LogP contribution in [0.1, 0.15) is 18.4 Å². The number of aromatic nitrogens is 1. The van der Waals surface area contributed by atoms with Crippen molar-refractivity contribution in [1.82, 2.24) is 4.98 Å². The van der Waals surface area contributed by atoms with E-state index in [4.69, 9.17) is 5.73 Å². The SMILES string of the molecule is CN(c1ncc(CN)c2ccccc12)C1CC1. The Morgan fingerprint density at radius 2 is 2.00 bits per heavy atom. The second-order valence-electron chi connectivity index (χ2n) is 4.70. The molecule has 0 radical (unpaired) electrons. The van der Waals surface area contributed by atoms with Crippen molar-refractivity contribution in [2.75, 3.05) is 11.9 Å². The zero-order chi connectivity index (χ0) is 11.8. The molecule has 1 fully saturated rings. The lowest BCUT2D eigenvalue weighted by atomic mass is 10.1. The third-order valence-electron chi connectivity index (χ3n) is 3.51. The third kappa shape index (κ3) is 1.76. The molecule has 1 aliphatic carbocycles. The van der Waals surface area contributed by atoms with Gasteiger partial charge in [0, 0.05) is 31.2 Å². The first kappa shape index (κ1) is 10.5. The Morgan fingerprint density at radius 1 is 1.29 bits per heavy atom. The summed E-state index contributed by atoms with van der Waals surface area (Å²) in [5, 5.41) is 2.44. The molecule has 3 nitrogen and oxygen atoms in total. The molecule has 0 spiro atoms. The smallest absolute Gasteiger partial charge is 0.136 e. The summed E-state index contributed by atoms with van der Waals surface area (Å²) in [6.45, 7) is 0.543. The molecule has 3 heteroatoms. The van der Waals surface area contributed by atoms with Gasteiger partial charge in [0.2, 0.25) is 0 Å². The largest absolute Gasteiger partial charge is 0.356 e. The molecule has 1 aliphatic rings. The van der Waals surface area contributed by atoms with Crippen molar-refractivity contribution in [2.24, 2.45) is 5.73 Å². The molecule has 88 valence electrons. The van der Waals surface area contributed by atoms with Gasteiger partial charge in [-0.15, -0.1) is 0 Å². The lowest BCUT2D eigenvalue weighted by Crippen LogP contribution is -2.21. The van der Waals surface area contributed by atoms with E-state index < -0.39 is 0 Å². The van der Waals surface area contributed by atoms with Crippen LogP contribution in [0, 0.1) is 0 Å². The Balaban J connectivity index is 2.18. The molecule has 0 unspecified atom stereocenters. The highest BCUT2D eigenvalue weighted by atomic mass is 15.2. The number of hydrogen-bond donors (Lipinski definition) is 1. The number of nitrogens with two attached hydrogens (primary N) is 1. The molecule has 0 amide bonds. The first-order chi connectivity index (χ1) is 8.31. The van der Waals surface area contributed by atoms with E-state index in [1.807, 2.05) is 6.20 Å². The Hall–Kier alpha value is -1.61. The summed E-state index contributed by atoms with van der Waals surface area (Å²) in [6, 6.07) is 9.06. The van der Waals surface area contributed by atoms with Crippen LogP contribution in [-0.2, 0) is 6.54 Å². The monoisotopic (exact) mass is 227 g/mol. The number of fused-ring (bicyclic) bond motifs is 1. The first-order valence-corrected chi connectivity index (χ1v) is 6.11. The van der Waals surface area contributed by atoms with Crippen molar-refractivity contribution >= 4 is 16.6 Å². The van der Waals surface area contributed by atoms with Crippen LogP contribution in [-0.4, -0.2) is 18.1 Å². The minimum atomic E-state index is 0.543. The molecular formula is C14H17N3. The number of nitrogens with zero attached hydrogens (tertiary/aromatic N) is 2. The minimum Gasteiger partial charge on any atom is -0.356 e. The molecule has 17 heavy (non-hydrogen) atoms. The topological polar surface area (TPSA) is 42.2 Å². The lowest BCUT2D eigenvalue weighted by Gasteiger charge is -2.20. The molecule has 3 rings (SSSR count). The quantitative estimate of drug-likeness (QED) is 0.874. The van der Waals surface area contributed by atoms with Gasteiger partial charge in [0.05, 0.1) is 0 Å². The Kier molecular flexibility index (Phi) is 2.48. The fraction of sp³-hybridized carbons (Fsp3) is 0.357. The fourth-order valence-corrected chi connectivity index (χ4v) is 2.31. The maximum absolute atomic E-state index is 5.76. The van der Waals surface area contributed by atoms with Crippen LogP contribution >= 0.6 is 0 Å². The van der Waals surface area contributed by atoms with Gasteiger partial charge in [-0.1, -0.05) is 24.3 Å². The second-order valence-corrected chi connectivity index (χ2v) is 4.70. The molecule has 0 saturated heterocycles. The molecule has 1 aromatic heterocycles. The van der Waals surface area contributed by atoms with E-state index in [0.29, 0.717) is 12.6 Å². The van der Waals surface area contributed by atoms with E-state index in [2.05, 4.69) is 41.2 Å². The van der Waals surface area contributed by atoms with Crippen molar-refractivity contribution in [1.29, 1.82) is 0 Å². The van der Waals surface area contributed by atoms with Crippen molar-refractivity contribution < 1.29 is 0 Å². The Bertz CT molecular complexity index is 546. The number of rotatable bonds is 3. The summed E-state index contributed by atoms with van der Waals surface area (Å²) in [7, 11) is 2.13. The summed E-state index contributed by atoms with van der Waals surface area (Å²) >= 11 is 0. The van der Waals surface area contributed by atoms with E-state index in [9.17, 15) is 0 Å². The van der Waals surface area contributed by atoms with Gasteiger partial charge in [-0.25, -0.2) is 4.98 Å². The normalized spacial score (nSPS) is 15.2. The number of pyridine rings is 1. The summed E-state index contributed by atoms with van der Waals surface area (Å²) in [4.78, 5) is 6.88. The minimum absolute atomic E-state index is 0.543. The summed E-state index contributed by atoms with van der Waals surface area (Å²) < 4.78 is 0. The van der Waals surface area contributed by atoms with Gasteiger partial charge in [0.15, 0.2) is 0 Å². The van der Waals surface area contributed by atoms with Crippen LogP contribution in [0.25, 0.3) is 10.8 Å². The molecule has 0 atom stereocenters. The van der Waals surface area contributed by atoms with Gasteiger partial charge in [-0.2, -0.15) is 0 Å². The van der Waals surface area contributed by atoms with Crippen LogP contribution in [0.3, 0.4) is 0 Å². The van der Waals surface area contributed by atoms with Crippen LogP contribution in [0.15, 0.2) is 30.5 Å². The zero-order valence-corrected chi connectivity index (χ0v) is 10.1. The summed E-state index contributed by atoms with van der Waals surface area (Å²) in [5.41, 5.74) is 6.88. The number of benzene rings is 1. The Labute approximate surface area is 101 Å². The third-order valence-corrected chi connectivity index (χ3v) is 3.51. The summed E-state index contributed by atoms with van der Waals surface area (Å²) in [6.07, 6.45) is 4.48. The van der Waals surface area contributed by atoms with Crippen LogP contribution in [0.2, 0.25) is 0 Å². The van der Waals surface area contributed by atoms with E-state index in [-0.39, 0.29) is 0 Å². The van der Waals surface area contributed by atoms with Gasteiger partial charge in [-0.3, -0.25) is 0 Å². The Morgan fingerprint density at radius 3 is 2.65 bits per heavy atom. The van der Waals surface area contributed by atoms with Crippen LogP contribution in [0.4, 0.5) is 5.82 Å². The zero-order valence-electron chi connectivity index (χ0n) is 10.1. The van der Waals surface area contributed by atoms with Gasteiger partial charge >= 0.3 is 0 Å². The van der Waals surface area contributed by atoms with E-state index in [1.165, 1.54) is 23.6 Å². The average Bonchev–Trinajstić information content (AvgIpc) is 3.21. The highest BCUT2D eigenvalue weighted by Crippen LogP contribution is 2.33. The van der Waals surface area contributed by atoms with Crippen LogP contribution < -0.4 is 10.6 Å². The maximum atomic E-state index is 5.76. The highest BCUT2D eigenvalue weighted by molar-refractivity contribution is 5.94. The number of hydrogen-bond acceptors (Lipinski definition) is 3. The van der Waals surface area contributed by atoms with Crippen molar-refractivity contribution in [3.8, 4) is 0 Å². The van der Waals surface area contributed by atoms with E-state index in [1.54, 1.807) is 0 Å². The second kappa shape index (κ2) is 4.00. The predicted octanol–water partition coefficient (Wildman–Crippen LogP) is 2.29. The van der Waals surface area contributed by atoms with Crippen LogP contribution in [0.5, 0.6) is 0 Å². The maximum Gasteiger partial charge on any atom is 0.136 e. The molecule has 0 bridgehead atoms. The van der Waals surface area contributed by atoms with Crippen molar-refractivity contribution in [3.05, 3.63) is 36.0 Å². The van der Waals surface area contributed by atoms with E-state index >= 15 is 0 Å². The standard InChI is InChI=1S/C14H17N3/c1-17(11-6-7-11)14-13-5-3-2-4-12(13)10(8-15)9-16-14/h2-5,9,11H,6-8,15H2,1H3.